The molecule has 0 saturated carbocycles. The number of hydrogen-bond acceptors (Lipinski definition) is 5. The molecule has 1 amide bonds. The smallest absolute Gasteiger partial charge is 0.251 e. The van der Waals surface area contributed by atoms with Crippen molar-refractivity contribution in [3.8, 4) is 6.07 Å². The molecule has 0 aromatic heterocycles. The number of ether oxygens (including phenoxy) is 1. The minimum Gasteiger partial charge on any atom is -0.379 e. The van der Waals surface area contributed by atoms with Crippen molar-refractivity contribution in [3.05, 3.63) is 70.8 Å². The number of rotatable bonds is 6. The summed E-state index contributed by atoms with van der Waals surface area (Å²) in [5.74, 6) is -0.439. The Balaban J connectivity index is 1.70. The Morgan fingerprint density at radius 1 is 1.11 bits per heavy atom. The predicted molar refractivity (Wildman–Crippen MR) is 104 cm³/mol. The molecule has 1 heterocycles. The maximum atomic E-state index is 12.7. The van der Waals surface area contributed by atoms with E-state index in [0.29, 0.717) is 43.0 Å². The van der Waals surface area contributed by atoms with E-state index >= 15 is 0 Å². The molecule has 1 saturated heterocycles. The fourth-order valence-electron chi connectivity index (χ4n) is 2.99. The second-order valence-electron chi connectivity index (χ2n) is 6.41. The topological polar surface area (TPSA) is 99.5 Å². The lowest BCUT2D eigenvalue weighted by Gasteiger charge is -2.26. The van der Waals surface area contributed by atoms with Crippen LogP contribution >= 0.6 is 0 Å². The molecule has 0 radical (unpaired) electrons. The van der Waals surface area contributed by atoms with E-state index in [-0.39, 0.29) is 18.2 Å². The van der Waals surface area contributed by atoms with Crippen molar-refractivity contribution in [2.75, 3.05) is 26.3 Å². The third-order valence-electron chi connectivity index (χ3n) is 4.51. The van der Waals surface area contributed by atoms with Gasteiger partial charge in [0.2, 0.25) is 10.0 Å². The van der Waals surface area contributed by atoms with E-state index in [1.54, 1.807) is 36.4 Å². The van der Waals surface area contributed by atoms with Gasteiger partial charge in [-0.25, -0.2) is 8.42 Å². The van der Waals surface area contributed by atoms with Crippen LogP contribution in [0.5, 0.6) is 0 Å². The van der Waals surface area contributed by atoms with Gasteiger partial charge in [-0.3, -0.25) is 4.79 Å². The largest absolute Gasteiger partial charge is 0.379 e. The molecular weight excluding hydrogens is 378 g/mol. The minimum atomic E-state index is -3.45. The van der Waals surface area contributed by atoms with Crippen molar-refractivity contribution in [2.45, 2.75) is 12.3 Å². The lowest BCUT2D eigenvalue weighted by atomic mass is 10.1. The second kappa shape index (κ2) is 8.97. The number of nitriles is 1. The first-order valence-electron chi connectivity index (χ1n) is 8.90. The van der Waals surface area contributed by atoms with Gasteiger partial charge >= 0.3 is 0 Å². The average Bonchev–Trinajstić information content (AvgIpc) is 2.73. The summed E-state index contributed by atoms with van der Waals surface area (Å²) in [6.07, 6.45) is 0. The summed E-state index contributed by atoms with van der Waals surface area (Å²) in [7, 11) is -3.45. The van der Waals surface area contributed by atoms with Gasteiger partial charge in [-0.15, -0.1) is 0 Å². The molecule has 0 unspecified atom stereocenters. The molecule has 1 fully saturated rings. The van der Waals surface area contributed by atoms with Gasteiger partial charge in [0.15, 0.2) is 0 Å². The molecule has 2 aromatic rings. The fourth-order valence-corrected chi connectivity index (χ4v) is 4.55. The van der Waals surface area contributed by atoms with Crippen LogP contribution in [0.25, 0.3) is 0 Å². The van der Waals surface area contributed by atoms with Crippen molar-refractivity contribution < 1.29 is 17.9 Å². The zero-order valence-electron chi connectivity index (χ0n) is 15.3. The highest BCUT2D eigenvalue weighted by atomic mass is 32.2. The van der Waals surface area contributed by atoms with E-state index in [4.69, 9.17) is 10.00 Å². The third-order valence-corrected chi connectivity index (χ3v) is 6.34. The highest BCUT2D eigenvalue weighted by Crippen LogP contribution is 2.17. The van der Waals surface area contributed by atoms with Gasteiger partial charge in [0.1, 0.15) is 0 Å². The molecule has 8 heteroatoms. The molecule has 2 aromatic carbocycles. The van der Waals surface area contributed by atoms with Crippen LogP contribution in [0.3, 0.4) is 0 Å². The highest BCUT2D eigenvalue weighted by Gasteiger charge is 2.25. The Morgan fingerprint density at radius 3 is 2.54 bits per heavy atom. The number of hydrogen-bond donors (Lipinski definition) is 1. The van der Waals surface area contributed by atoms with Crippen molar-refractivity contribution in [1.29, 1.82) is 5.26 Å². The second-order valence-corrected chi connectivity index (χ2v) is 8.38. The number of nitrogens with one attached hydrogen (secondary N) is 1. The summed E-state index contributed by atoms with van der Waals surface area (Å²) in [6.45, 7) is 1.72. The van der Waals surface area contributed by atoms with E-state index in [9.17, 15) is 13.2 Å². The highest BCUT2D eigenvalue weighted by molar-refractivity contribution is 7.88. The van der Waals surface area contributed by atoms with Gasteiger partial charge in [-0.05, 0) is 29.3 Å². The van der Waals surface area contributed by atoms with Gasteiger partial charge < -0.3 is 10.1 Å². The minimum absolute atomic E-state index is 0.122. The van der Waals surface area contributed by atoms with Crippen LogP contribution in [0.1, 0.15) is 27.0 Å². The Morgan fingerprint density at radius 2 is 1.82 bits per heavy atom. The maximum Gasteiger partial charge on any atom is 0.251 e. The Bertz CT molecular complexity index is 993. The third kappa shape index (κ3) is 4.95. The number of nitrogens with zero attached hydrogens (tertiary/aromatic N) is 2. The number of benzene rings is 2. The molecule has 0 aliphatic carbocycles. The first kappa shape index (κ1) is 20.0. The summed E-state index contributed by atoms with van der Waals surface area (Å²) in [5, 5.41) is 11.7. The van der Waals surface area contributed by atoms with Gasteiger partial charge in [0, 0.05) is 25.2 Å². The molecule has 0 spiro atoms. The van der Waals surface area contributed by atoms with Crippen LogP contribution in [0.2, 0.25) is 0 Å². The van der Waals surface area contributed by atoms with E-state index in [1.807, 2.05) is 12.1 Å². The van der Waals surface area contributed by atoms with Gasteiger partial charge in [-0.1, -0.05) is 30.3 Å². The maximum absolute atomic E-state index is 12.7. The van der Waals surface area contributed by atoms with Crippen molar-refractivity contribution >= 4 is 15.9 Å². The number of sulfonamides is 1. The Kier molecular flexibility index (Phi) is 6.41. The van der Waals surface area contributed by atoms with Crippen LogP contribution < -0.4 is 5.32 Å². The number of carbonyl (C=O) groups excluding carboxylic acids is 1. The number of morpholine rings is 1. The van der Waals surface area contributed by atoms with Gasteiger partial charge in [0.25, 0.3) is 5.91 Å². The van der Waals surface area contributed by atoms with Crippen molar-refractivity contribution in [3.63, 3.8) is 0 Å². The molecule has 3 rings (SSSR count). The molecule has 0 atom stereocenters. The SMILES string of the molecule is N#Cc1cccc(C(=O)NCc2ccccc2CS(=O)(=O)N2CCOCC2)c1. The van der Waals surface area contributed by atoms with E-state index in [2.05, 4.69) is 5.32 Å². The zero-order chi connectivity index (χ0) is 20.0. The zero-order valence-corrected chi connectivity index (χ0v) is 16.1. The molecule has 0 bridgehead atoms. The lowest BCUT2D eigenvalue weighted by molar-refractivity contribution is 0.0729. The average molecular weight is 399 g/mol. The van der Waals surface area contributed by atoms with E-state index < -0.39 is 10.0 Å². The van der Waals surface area contributed by atoms with Gasteiger partial charge in [-0.2, -0.15) is 9.57 Å². The van der Waals surface area contributed by atoms with E-state index in [1.165, 1.54) is 10.4 Å². The van der Waals surface area contributed by atoms with Crippen LogP contribution in [-0.2, 0) is 27.1 Å². The predicted octanol–water partition coefficient (Wildman–Crippen LogP) is 1.65. The summed E-state index contributed by atoms with van der Waals surface area (Å²) in [6, 6.07) is 15.6. The molecular formula is C20H21N3O4S. The van der Waals surface area contributed by atoms with Crippen LogP contribution in [0.4, 0.5) is 0 Å². The number of carbonyl (C=O) groups is 1. The summed E-state index contributed by atoms with van der Waals surface area (Å²) in [4.78, 5) is 12.4. The quantitative estimate of drug-likeness (QED) is 0.796. The number of amides is 1. The first-order valence-corrected chi connectivity index (χ1v) is 10.5. The van der Waals surface area contributed by atoms with Crippen LogP contribution in [0.15, 0.2) is 48.5 Å². The molecule has 1 N–H and O–H groups in total. The molecule has 1 aliphatic rings. The standard InChI is InChI=1S/C20H21N3O4S/c21-13-16-4-3-7-17(12-16)20(24)22-14-18-5-1-2-6-19(18)15-28(25,26)23-8-10-27-11-9-23/h1-7,12H,8-11,14-15H2,(H,22,24). The molecule has 1 aliphatic heterocycles. The van der Waals surface area contributed by atoms with Crippen LogP contribution in [-0.4, -0.2) is 44.9 Å². The lowest BCUT2D eigenvalue weighted by Crippen LogP contribution is -2.41. The van der Waals surface area contributed by atoms with Crippen LogP contribution in [0, 0.1) is 11.3 Å². The summed E-state index contributed by atoms with van der Waals surface area (Å²) < 4.78 is 32.0. The Hall–Kier alpha value is -2.73. The molecule has 146 valence electrons. The molecule has 7 nitrogen and oxygen atoms in total. The van der Waals surface area contributed by atoms with Crippen molar-refractivity contribution in [1.82, 2.24) is 9.62 Å². The summed E-state index contributed by atoms with van der Waals surface area (Å²) in [5.41, 5.74) is 2.19. The normalized spacial score (nSPS) is 15.0. The fraction of sp³-hybridized carbons (Fsp3) is 0.300. The first-order chi connectivity index (χ1) is 13.5. The van der Waals surface area contributed by atoms with E-state index in [0.717, 1.165) is 5.56 Å². The summed E-state index contributed by atoms with van der Waals surface area (Å²) >= 11 is 0. The molecule has 28 heavy (non-hydrogen) atoms. The monoisotopic (exact) mass is 399 g/mol. The Labute approximate surface area is 164 Å². The van der Waals surface area contributed by atoms with Gasteiger partial charge in [0.05, 0.1) is 30.6 Å². The van der Waals surface area contributed by atoms with Crippen molar-refractivity contribution in [2.24, 2.45) is 0 Å².